The number of hydrogen-bond acceptors (Lipinski definition) is 3. The van der Waals surface area contributed by atoms with E-state index in [1.54, 1.807) is 11.8 Å². The minimum Gasteiger partial charge on any atom is -0.341 e. The van der Waals surface area contributed by atoms with Crippen molar-refractivity contribution in [1.82, 2.24) is 4.90 Å². The van der Waals surface area contributed by atoms with E-state index in [4.69, 9.17) is 0 Å². The molecule has 1 heterocycles. The van der Waals surface area contributed by atoms with Crippen molar-refractivity contribution in [3.05, 3.63) is 30.1 Å². The lowest BCUT2D eigenvalue weighted by Gasteiger charge is -2.32. The average molecular weight is 328 g/mol. The Labute approximate surface area is 130 Å². The van der Waals surface area contributed by atoms with Crippen molar-refractivity contribution in [3.63, 3.8) is 0 Å². The van der Waals surface area contributed by atoms with Crippen molar-refractivity contribution in [2.24, 2.45) is 0 Å². The van der Waals surface area contributed by atoms with Crippen molar-refractivity contribution in [3.8, 4) is 0 Å². The van der Waals surface area contributed by atoms with Crippen LogP contribution in [0.3, 0.4) is 0 Å². The van der Waals surface area contributed by atoms with Gasteiger partial charge in [-0.3, -0.25) is 9.10 Å². The molecule has 1 unspecified atom stereocenters. The van der Waals surface area contributed by atoms with Gasteiger partial charge in [0.05, 0.1) is 11.9 Å². The van der Waals surface area contributed by atoms with Crippen LogP contribution in [0, 0.1) is 5.82 Å². The van der Waals surface area contributed by atoms with Crippen LogP contribution in [-0.4, -0.2) is 44.6 Å². The maximum Gasteiger partial charge on any atom is 0.246 e. The first-order chi connectivity index (χ1) is 10.3. The summed E-state index contributed by atoms with van der Waals surface area (Å²) in [4.78, 5) is 14.4. The predicted molar refractivity (Wildman–Crippen MR) is 83.6 cm³/mol. The van der Waals surface area contributed by atoms with Crippen LogP contribution >= 0.6 is 0 Å². The molecule has 1 aliphatic heterocycles. The van der Waals surface area contributed by atoms with Gasteiger partial charge in [0.15, 0.2) is 0 Å². The van der Waals surface area contributed by atoms with E-state index in [0.29, 0.717) is 25.2 Å². The van der Waals surface area contributed by atoms with E-state index in [9.17, 15) is 17.6 Å². The third-order valence-electron chi connectivity index (χ3n) is 3.81. The number of hydrogen-bond donors (Lipinski definition) is 0. The van der Waals surface area contributed by atoms with E-state index >= 15 is 0 Å². The highest BCUT2D eigenvalue weighted by Gasteiger charge is 2.34. The van der Waals surface area contributed by atoms with Crippen LogP contribution in [0.2, 0.25) is 0 Å². The fourth-order valence-electron chi connectivity index (χ4n) is 2.78. The van der Waals surface area contributed by atoms with Crippen molar-refractivity contribution >= 4 is 21.6 Å². The molecule has 0 aromatic heterocycles. The summed E-state index contributed by atoms with van der Waals surface area (Å²) in [6.07, 6.45) is 3.31. The number of carbonyl (C=O) groups excluding carboxylic acids is 1. The number of benzene rings is 1. The van der Waals surface area contributed by atoms with Gasteiger partial charge in [-0.2, -0.15) is 0 Å². The van der Waals surface area contributed by atoms with Gasteiger partial charge in [-0.1, -0.05) is 6.92 Å². The van der Waals surface area contributed by atoms with Gasteiger partial charge in [-0.15, -0.1) is 0 Å². The predicted octanol–water partition coefficient (Wildman–Crippen LogP) is 1.99. The van der Waals surface area contributed by atoms with Crippen molar-refractivity contribution in [2.45, 2.75) is 32.2 Å². The molecule has 5 nitrogen and oxygen atoms in total. The highest BCUT2D eigenvalue weighted by molar-refractivity contribution is 7.92. The Balaban J connectivity index is 2.38. The SMILES string of the molecule is CCC(C(=O)N1CCCC1)N(c1ccc(F)cc1)S(C)(=O)=O. The molecule has 2 rings (SSSR count). The zero-order valence-electron chi connectivity index (χ0n) is 12.8. The smallest absolute Gasteiger partial charge is 0.246 e. The number of anilines is 1. The molecule has 1 aromatic rings. The third kappa shape index (κ3) is 3.58. The normalized spacial score (nSPS) is 16.6. The van der Waals surface area contributed by atoms with Gasteiger partial charge in [0.1, 0.15) is 11.9 Å². The second kappa shape index (κ2) is 6.64. The fraction of sp³-hybridized carbons (Fsp3) is 0.533. The van der Waals surface area contributed by atoms with Gasteiger partial charge in [-0.25, -0.2) is 12.8 Å². The molecule has 0 aliphatic carbocycles. The summed E-state index contributed by atoms with van der Waals surface area (Å²) in [6.45, 7) is 3.10. The molecular formula is C15H21FN2O3S. The second-order valence-corrected chi connectivity index (χ2v) is 7.35. The summed E-state index contributed by atoms with van der Waals surface area (Å²) in [5.41, 5.74) is 0.309. The van der Waals surface area contributed by atoms with Gasteiger partial charge in [0, 0.05) is 13.1 Å². The Morgan fingerprint density at radius 3 is 2.27 bits per heavy atom. The van der Waals surface area contributed by atoms with Gasteiger partial charge in [0.2, 0.25) is 15.9 Å². The van der Waals surface area contributed by atoms with E-state index in [1.165, 1.54) is 24.3 Å². The number of likely N-dealkylation sites (tertiary alicyclic amines) is 1. The topological polar surface area (TPSA) is 57.7 Å². The van der Waals surface area contributed by atoms with Crippen LogP contribution in [0.1, 0.15) is 26.2 Å². The first-order valence-electron chi connectivity index (χ1n) is 7.38. The number of nitrogens with zero attached hydrogens (tertiary/aromatic N) is 2. The summed E-state index contributed by atoms with van der Waals surface area (Å²) in [5, 5.41) is 0. The summed E-state index contributed by atoms with van der Waals surface area (Å²) in [6, 6.07) is 4.37. The maximum absolute atomic E-state index is 13.1. The lowest BCUT2D eigenvalue weighted by atomic mass is 10.1. The second-order valence-electron chi connectivity index (χ2n) is 5.49. The summed E-state index contributed by atoms with van der Waals surface area (Å²) < 4.78 is 38.6. The molecule has 0 radical (unpaired) electrons. The van der Waals surface area contributed by atoms with Gasteiger partial charge >= 0.3 is 0 Å². The van der Waals surface area contributed by atoms with Crippen LogP contribution in [0.5, 0.6) is 0 Å². The molecule has 1 saturated heterocycles. The van der Waals surface area contributed by atoms with E-state index in [-0.39, 0.29) is 5.91 Å². The molecule has 1 amide bonds. The molecule has 0 bridgehead atoms. The first-order valence-corrected chi connectivity index (χ1v) is 9.23. The molecule has 0 saturated carbocycles. The Kier molecular flexibility index (Phi) is 5.05. The standard InChI is InChI=1S/C15H21FN2O3S/c1-3-14(15(19)17-10-4-5-11-17)18(22(2,20)21)13-8-6-12(16)7-9-13/h6-9,14H,3-5,10-11H2,1-2H3. The highest BCUT2D eigenvalue weighted by atomic mass is 32.2. The van der Waals surface area contributed by atoms with E-state index < -0.39 is 21.9 Å². The number of rotatable bonds is 5. The van der Waals surface area contributed by atoms with E-state index in [0.717, 1.165) is 23.4 Å². The molecule has 0 spiro atoms. The molecule has 122 valence electrons. The molecule has 1 aliphatic rings. The van der Waals surface area contributed by atoms with Crippen molar-refractivity contribution < 1.29 is 17.6 Å². The van der Waals surface area contributed by atoms with Crippen LogP contribution in [0.15, 0.2) is 24.3 Å². The van der Waals surface area contributed by atoms with Gasteiger partial charge in [-0.05, 0) is 43.5 Å². The largest absolute Gasteiger partial charge is 0.341 e. The highest BCUT2D eigenvalue weighted by Crippen LogP contribution is 2.24. The van der Waals surface area contributed by atoms with Crippen molar-refractivity contribution in [1.29, 1.82) is 0 Å². The van der Waals surface area contributed by atoms with Gasteiger partial charge < -0.3 is 4.90 Å². The van der Waals surface area contributed by atoms with Crippen LogP contribution in [-0.2, 0) is 14.8 Å². The number of sulfonamides is 1. The molecule has 1 atom stereocenters. The van der Waals surface area contributed by atoms with Gasteiger partial charge in [0.25, 0.3) is 0 Å². The molecular weight excluding hydrogens is 307 g/mol. The maximum atomic E-state index is 13.1. The number of amides is 1. The quantitative estimate of drug-likeness (QED) is 0.830. The molecule has 7 heteroatoms. The average Bonchev–Trinajstić information content (AvgIpc) is 2.98. The fourth-order valence-corrected chi connectivity index (χ4v) is 3.99. The molecule has 22 heavy (non-hydrogen) atoms. The summed E-state index contributed by atoms with van der Waals surface area (Å²) in [5.74, 6) is -0.633. The summed E-state index contributed by atoms with van der Waals surface area (Å²) >= 11 is 0. The first kappa shape index (κ1) is 16.7. The van der Waals surface area contributed by atoms with Crippen LogP contribution < -0.4 is 4.31 Å². The Bertz CT molecular complexity index is 625. The van der Waals surface area contributed by atoms with E-state index in [2.05, 4.69) is 0 Å². The lowest BCUT2D eigenvalue weighted by Crippen LogP contribution is -2.50. The number of halogens is 1. The lowest BCUT2D eigenvalue weighted by molar-refractivity contribution is -0.131. The number of carbonyl (C=O) groups is 1. The molecule has 0 N–H and O–H groups in total. The monoisotopic (exact) mass is 328 g/mol. The molecule has 1 fully saturated rings. The Hall–Kier alpha value is -1.63. The minimum atomic E-state index is -3.65. The zero-order chi connectivity index (χ0) is 16.3. The summed E-state index contributed by atoms with van der Waals surface area (Å²) in [7, 11) is -3.65. The van der Waals surface area contributed by atoms with Crippen molar-refractivity contribution in [2.75, 3.05) is 23.7 Å². The molecule has 1 aromatic carbocycles. The minimum absolute atomic E-state index is 0.185. The van der Waals surface area contributed by atoms with Crippen LogP contribution in [0.25, 0.3) is 0 Å². The Morgan fingerprint density at radius 2 is 1.82 bits per heavy atom. The van der Waals surface area contributed by atoms with E-state index in [1.807, 2.05) is 0 Å². The third-order valence-corrected chi connectivity index (χ3v) is 4.99. The Morgan fingerprint density at radius 1 is 1.27 bits per heavy atom. The van der Waals surface area contributed by atoms with Crippen LogP contribution in [0.4, 0.5) is 10.1 Å². The zero-order valence-corrected chi connectivity index (χ0v) is 13.6.